The molecule has 3 aromatic rings. The van der Waals surface area contributed by atoms with Gasteiger partial charge in [-0.2, -0.15) is 0 Å². The van der Waals surface area contributed by atoms with Crippen molar-refractivity contribution in [1.29, 1.82) is 0 Å². The number of hydrogen-bond acceptors (Lipinski definition) is 7. The standard InChI is InChI=1S/C23H23F2N5O2S/c1-32-20-5-3-2-4-19(20)29-10-12-30(13-11-29)22-23(27-9-8-26-22)33-15-21(31)28-18-7-6-16(24)14-17(18)25/h2-9,14H,10-13,15H2,1H3,(H,28,31). The Hall–Kier alpha value is -3.40. The summed E-state index contributed by atoms with van der Waals surface area (Å²) in [5.74, 6) is -0.364. The number of piperazine rings is 1. The number of carbonyl (C=O) groups excluding carboxylic acids is 1. The van der Waals surface area contributed by atoms with Crippen LogP contribution in [0.3, 0.4) is 0 Å². The molecule has 0 bridgehead atoms. The van der Waals surface area contributed by atoms with E-state index in [1.807, 2.05) is 24.3 Å². The first-order chi connectivity index (χ1) is 16.0. The smallest absolute Gasteiger partial charge is 0.234 e. The maximum absolute atomic E-state index is 13.8. The molecule has 1 amide bonds. The molecule has 10 heteroatoms. The summed E-state index contributed by atoms with van der Waals surface area (Å²) in [6.45, 7) is 3.03. The zero-order valence-corrected chi connectivity index (χ0v) is 18.8. The third-order valence-electron chi connectivity index (χ3n) is 5.20. The van der Waals surface area contributed by atoms with Gasteiger partial charge in [0.2, 0.25) is 5.91 Å². The molecule has 0 unspecified atom stereocenters. The van der Waals surface area contributed by atoms with Crippen molar-refractivity contribution in [3.8, 4) is 5.75 Å². The molecular weight excluding hydrogens is 448 g/mol. The largest absolute Gasteiger partial charge is 0.495 e. The van der Waals surface area contributed by atoms with Crippen molar-refractivity contribution in [2.24, 2.45) is 0 Å². The number of amides is 1. The Kier molecular flexibility index (Phi) is 7.23. The lowest BCUT2D eigenvalue weighted by Gasteiger charge is -2.37. The molecule has 1 aliphatic heterocycles. The van der Waals surface area contributed by atoms with Crippen LogP contribution in [0.25, 0.3) is 0 Å². The van der Waals surface area contributed by atoms with E-state index in [9.17, 15) is 13.6 Å². The van der Waals surface area contributed by atoms with Crippen LogP contribution in [-0.2, 0) is 4.79 Å². The van der Waals surface area contributed by atoms with E-state index < -0.39 is 17.5 Å². The van der Waals surface area contributed by atoms with Crippen molar-refractivity contribution in [2.45, 2.75) is 5.03 Å². The van der Waals surface area contributed by atoms with Crippen molar-refractivity contribution >= 4 is 34.9 Å². The summed E-state index contributed by atoms with van der Waals surface area (Å²) in [6.07, 6.45) is 3.20. The predicted molar refractivity (Wildman–Crippen MR) is 125 cm³/mol. The van der Waals surface area contributed by atoms with Crippen LogP contribution in [0.1, 0.15) is 0 Å². The maximum atomic E-state index is 13.8. The van der Waals surface area contributed by atoms with Gasteiger partial charge in [-0.25, -0.2) is 18.7 Å². The lowest BCUT2D eigenvalue weighted by atomic mass is 10.2. The fraction of sp³-hybridized carbons (Fsp3) is 0.261. The summed E-state index contributed by atoms with van der Waals surface area (Å²) in [4.78, 5) is 25.6. The summed E-state index contributed by atoms with van der Waals surface area (Å²) in [5.41, 5.74) is 0.993. The Labute approximate surface area is 194 Å². The quantitative estimate of drug-likeness (QED) is 0.526. The Morgan fingerprint density at radius 3 is 2.55 bits per heavy atom. The minimum Gasteiger partial charge on any atom is -0.495 e. The highest BCUT2D eigenvalue weighted by atomic mass is 32.2. The number of ether oxygens (including phenoxy) is 1. The molecule has 7 nitrogen and oxygen atoms in total. The van der Waals surface area contributed by atoms with Gasteiger partial charge in [0.15, 0.2) is 5.82 Å². The molecule has 1 fully saturated rings. The number of anilines is 3. The summed E-state index contributed by atoms with van der Waals surface area (Å²) in [5, 5.41) is 3.08. The lowest BCUT2D eigenvalue weighted by Crippen LogP contribution is -2.47. The first-order valence-electron chi connectivity index (χ1n) is 10.4. The molecule has 0 spiro atoms. The second-order valence-electron chi connectivity index (χ2n) is 7.29. The molecule has 0 saturated carbocycles. The van der Waals surface area contributed by atoms with Crippen LogP contribution in [0, 0.1) is 11.6 Å². The number of nitrogens with one attached hydrogen (secondary N) is 1. The average molecular weight is 472 g/mol. The molecule has 172 valence electrons. The molecule has 2 heterocycles. The van der Waals surface area contributed by atoms with Crippen molar-refractivity contribution in [3.63, 3.8) is 0 Å². The number of rotatable bonds is 7. The van der Waals surface area contributed by atoms with Crippen LogP contribution in [-0.4, -0.2) is 54.9 Å². The molecule has 0 atom stereocenters. The summed E-state index contributed by atoms with van der Waals surface area (Å²) in [6, 6.07) is 10.9. The SMILES string of the molecule is COc1ccccc1N1CCN(c2nccnc2SCC(=O)Nc2ccc(F)cc2F)CC1. The Bertz CT molecular complexity index is 1130. The van der Waals surface area contributed by atoms with Crippen LogP contribution in [0.15, 0.2) is 59.9 Å². The predicted octanol–water partition coefficient (Wildman–Crippen LogP) is 3.82. The normalized spacial score (nSPS) is 13.7. The molecule has 1 saturated heterocycles. The number of hydrogen-bond donors (Lipinski definition) is 1. The highest BCUT2D eigenvalue weighted by molar-refractivity contribution is 8.00. The maximum Gasteiger partial charge on any atom is 0.234 e. The van der Waals surface area contributed by atoms with Crippen LogP contribution in [0.4, 0.5) is 26.0 Å². The topological polar surface area (TPSA) is 70.6 Å². The number of carbonyl (C=O) groups is 1. The summed E-state index contributed by atoms with van der Waals surface area (Å²) >= 11 is 1.22. The molecule has 0 radical (unpaired) electrons. The van der Waals surface area contributed by atoms with E-state index >= 15 is 0 Å². The van der Waals surface area contributed by atoms with Gasteiger partial charge in [0, 0.05) is 44.6 Å². The molecule has 0 aliphatic carbocycles. The van der Waals surface area contributed by atoms with Crippen molar-refractivity contribution < 1.29 is 18.3 Å². The highest BCUT2D eigenvalue weighted by Crippen LogP contribution is 2.31. The number of para-hydroxylation sites is 2. The van der Waals surface area contributed by atoms with E-state index in [2.05, 4.69) is 25.1 Å². The van der Waals surface area contributed by atoms with Crippen LogP contribution >= 0.6 is 11.8 Å². The fourth-order valence-corrected chi connectivity index (χ4v) is 4.38. The van der Waals surface area contributed by atoms with E-state index in [1.165, 1.54) is 17.8 Å². The molecular formula is C23H23F2N5O2S. The van der Waals surface area contributed by atoms with Gasteiger partial charge in [0.05, 0.1) is 24.2 Å². The van der Waals surface area contributed by atoms with Gasteiger partial charge in [-0.3, -0.25) is 4.79 Å². The fourth-order valence-electron chi connectivity index (χ4n) is 3.60. The minimum absolute atomic E-state index is 0.0175. The minimum atomic E-state index is -0.818. The molecule has 33 heavy (non-hydrogen) atoms. The number of nitrogens with zero attached hydrogens (tertiary/aromatic N) is 4. The second-order valence-corrected chi connectivity index (χ2v) is 8.26. The van der Waals surface area contributed by atoms with E-state index in [1.54, 1.807) is 19.5 Å². The van der Waals surface area contributed by atoms with Gasteiger partial charge in [-0.05, 0) is 24.3 Å². The van der Waals surface area contributed by atoms with E-state index in [-0.39, 0.29) is 11.4 Å². The van der Waals surface area contributed by atoms with Crippen LogP contribution < -0.4 is 19.9 Å². The molecule has 2 aromatic carbocycles. The molecule has 1 N–H and O–H groups in total. The molecule has 4 rings (SSSR count). The first kappa shape index (κ1) is 22.8. The van der Waals surface area contributed by atoms with Crippen LogP contribution in [0.2, 0.25) is 0 Å². The first-order valence-corrected chi connectivity index (χ1v) is 11.4. The number of benzene rings is 2. The number of aromatic nitrogens is 2. The zero-order valence-electron chi connectivity index (χ0n) is 18.0. The van der Waals surface area contributed by atoms with E-state index in [0.717, 1.165) is 49.7 Å². The molecule has 1 aromatic heterocycles. The molecule has 1 aliphatic rings. The van der Waals surface area contributed by atoms with Gasteiger partial charge in [0.1, 0.15) is 22.4 Å². The van der Waals surface area contributed by atoms with Gasteiger partial charge < -0.3 is 19.9 Å². The highest BCUT2D eigenvalue weighted by Gasteiger charge is 2.23. The Morgan fingerprint density at radius 2 is 1.79 bits per heavy atom. The third-order valence-corrected chi connectivity index (χ3v) is 6.16. The number of halogens is 2. The second kappa shape index (κ2) is 10.5. The zero-order chi connectivity index (χ0) is 23.2. The lowest BCUT2D eigenvalue weighted by molar-refractivity contribution is -0.113. The number of methoxy groups -OCH3 is 1. The monoisotopic (exact) mass is 471 g/mol. The average Bonchev–Trinajstić information content (AvgIpc) is 2.85. The van der Waals surface area contributed by atoms with E-state index in [0.29, 0.717) is 10.8 Å². The Balaban J connectivity index is 1.37. The summed E-state index contributed by atoms with van der Waals surface area (Å²) < 4.78 is 32.3. The summed E-state index contributed by atoms with van der Waals surface area (Å²) in [7, 11) is 1.67. The van der Waals surface area contributed by atoms with Crippen LogP contribution in [0.5, 0.6) is 5.75 Å². The van der Waals surface area contributed by atoms with Gasteiger partial charge >= 0.3 is 0 Å². The number of thioether (sulfide) groups is 1. The third kappa shape index (κ3) is 5.51. The van der Waals surface area contributed by atoms with Gasteiger partial charge in [-0.15, -0.1) is 0 Å². The van der Waals surface area contributed by atoms with Crippen molar-refractivity contribution in [3.05, 3.63) is 66.5 Å². The Morgan fingerprint density at radius 1 is 1.06 bits per heavy atom. The van der Waals surface area contributed by atoms with Crippen molar-refractivity contribution in [1.82, 2.24) is 9.97 Å². The van der Waals surface area contributed by atoms with E-state index in [4.69, 9.17) is 4.74 Å². The van der Waals surface area contributed by atoms with Crippen molar-refractivity contribution in [2.75, 3.05) is 54.2 Å². The van der Waals surface area contributed by atoms with Gasteiger partial charge in [-0.1, -0.05) is 23.9 Å². The van der Waals surface area contributed by atoms with Gasteiger partial charge in [0.25, 0.3) is 0 Å².